The van der Waals surface area contributed by atoms with Crippen LogP contribution in [0.5, 0.6) is 0 Å². The summed E-state index contributed by atoms with van der Waals surface area (Å²) >= 11 is 0. The fourth-order valence-corrected chi connectivity index (χ4v) is 1.51. The molecule has 0 radical (unpaired) electrons. The first-order chi connectivity index (χ1) is 8.30. The standard InChI is InChI=1S/C12H17F3N2O/c1-9(2)16-6-3-7-17-8-10(12(13,14)15)4-5-11(17)18/h4-5,8-9,16H,3,6-7H2,1-2H3. The molecule has 0 amide bonds. The summed E-state index contributed by atoms with van der Waals surface area (Å²) in [4.78, 5) is 11.4. The first-order valence-electron chi connectivity index (χ1n) is 5.82. The van der Waals surface area contributed by atoms with Gasteiger partial charge in [0, 0.05) is 24.8 Å². The molecule has 0 saturated carbocycles. The number of aromatic nitrogens is 1. The predicted molar refractivity (Wildman–Crippen MR) is 63.5 cm³/mol. The third-order valence-electron chi connectivity index (χ3n) is 2.44. The monoisotopic (exact) mass is 262 g/mol. The van der Waals surface area contributed by atoms with Crippen LogP contribution in [0.25, 0.3) is 0 Å². The van der Waals surface area contributed by atoms with Crippen LogP contribution in [0.4, 0.5) is 13.2 Å². The third-order valence-corrected chi connectivity index (χ3v) is 2.44. The largest absolute Gasteiger partial charge is 0.417 e. The SMILES string of the molecule is CC(C)NCCCn1cc(C(F)(F)F)ccc1=O. The molecule has 0 fully saturated rings. The summed E-state index contributed by atoms with van der Waals surface area (Å²) in [6, 6.07) is 2.09. The van der Waals surface area contributed by atoms with Gasteiger partial charge in [-0.15, -0.1) is 0 Å². The number of nitrogens with one attached hydrogen (secondary N) is 1. The van der Waals surface area contributed by atoms with Crippen molar-refractivity contribution in [1.82, 2.24) is 9.88 Å². The smallest absolute Gasteiger partial charge is 0.315 e. The maximum Gasteiger partial charge on any atom is 0.417 e. The normalized spacial score (nSPS) is 12.1. The molecule has 0 aliphatic heterocycles. The van der Waals surface area contributed by atoms with E-state index in [1.54, 1.807) is 0 Å². The van der Waals surface area contributed by atoms with E-state index in [-0.39, 0.29) is 6.54 Å². The first kappa shape index (κ1) is 14.8. The molecule has 102 valence electrons. The summed E-state index contributed by atoms with van der Waals surface area (Å²) in [5, 5.41) is 3.14. The van der Waals surface area contributed by atoms with Crippen molar-refractivity contribution < 1.29 is 13.2 Å². The fraction of sp³-hybridized carbons (Fsp3) is 0.583. The van der Waals surface area contributed by atoms with E-state index in [2.05, 4.69) is 5.32 Å². The zero-order chi connectivity index (χ0) is 13.8. The molecule has 0 atom stereocenters. The summed E-state index contributed by atoms with van der Waals surface area (Å²) in [6.45, 7) is 4.91. The first-order valence-corrected chi connectivity index (χ1v) is 5.82. The van der Waals surface area contributed by atoms with Crippen molar-refractivity contribution >= 4 is 0 Å². The minimum Gasteiger partial charge on any atom is -0.315 e. The van der Waals surface area contributed by atoms with Crippen LogP contribution < -0.4 is 10.9 Å². The lowest BCUT2D eigenvalue weighted by Gasteiger charge is -2.11. The Morgan fingerprint density at radius 2 is 2.00 bits per heavy atom. The van der Waals surface area contributed by atoms with E-state index in [0.717, 1.165) is 22.9 Å². The van der Waals surface area contributed by atoms with Gasteiger partial charge >= 0.3 is 6.18 Å². The number of pyridine rings is 1. The van der Waals surface area contributed by atoms with Crippen LogP contribution in [-0.4, -0.2) is 17.2 Å². The average Bonchev–Trinajstić information content (AvgIpc) is 2.24. The molecule has 0 aliphatic carbocycles. The minimum absolute atomic E-state index is 0.280. The molecule has 0 spiro atoms. The minimum atomic E-state index is -4.41. The number of aryl methyl sites for hydroxylation is 1. The molecular weight excluding hydrogens is 245 g/mol. The molecule has 0 aliphatic rings. The molecule has 1 heterocycles. The fourth-order valence-electron chi connectivity index (χ4n) is 1.51. The van der Waals surface area contributed by atoms with E-state index < -0.39 is 17.3 Å². The third kappa shape index (κ3) is 4.52. The highest BCUT2D eigenvalue weighted by atomic mass is 19.4. The Labute approximate surface area is 104 Å². The number of nitrogens with zero attached hydrogens (tertiary/aromatic N) is 1. The topological polar surface area (TPSA) is 34.0 Å². The molecule has 1 aromatic heterocycles. The van der Waals surface area contributed by atoms with E-state index >= 15 is 0 Å². The van der Waals surface area contributed by atoms with E-state index in [1.807, 2.05) is 13.8 Å². The molecule has 18 heavy (non-hydrogen) atoms. The van der Waals surface area contributed by atoms with E-state index in [9.17, 15) is 18.0 Å². The van der Waals surface area contributed by atoms with E-state index in [0.29, 0.717) is 19.0 Å². The van der Waals surface area contributed by atoms with Gasteiger partial charge in [-0.3, -0.25) is 4.79 Å². The van der Waals surface area contributed by atoms with Gasteiger partial charge in [0.2, 0.25) is 0 Å². The Morgan fingerprint density at radius 1 is 1.33 bits per heavy atom. The highest BCUT2D eigenvalue weighted by Gasteiger charge is 2.30. The lowest BCUT2D eigenvalue weighted by atomic mass is 10.2. The predicted octanol–water partition coefficient (Wildman–Crippen LogP) is 2.26. The maximum absolute atomic E-state index is 12.5. The Morgan fingerprint density at radius 3 is 2.56 bits per heavy atom. The van der Waals surface area contributed by atoms with E-state index in [4.69, 9.17) is 0 Å². The second-order valence-electron chi connectivity index (χ2n) is 4.41. The second kappa shape index (κ2) is 6.04. The van der Waals surface area contributed by atoms with Crippen LogP contribution in [0.2, 0.25) is 0 Å². The van der Waals surface area contributed by atoms with Gasteiger partial charge < -0.3 is 9.88 Å². The van der Waals surface area contributed by atoms with Crippen molar-refractivity contribution in [1.29, 1.82) is 0 Å². The molecule has 0 saturated heterocycles. The van der Waals surface area contributed by atoms with Gasteiger partial charge in [0.05, 0.1) is 5.56 Å². The molecular formula is C12H17F3N2O. The van der Waals surface area contributed by atoms with Crippen LogP contribution in [0.3, 0.4) is 0 Å². The van der Waals surface area contributed by atoms with Crippen molar-refractivity contribution in [3.8, 4) is 0 Å². The molecule has 1 rings (SSSR count). The molecule has 0 bridgehead atoms. The van der Waals surface area contributed by atoms with Gasteiger partial charge in [0.15, 0.2) is 0 Å². The van der Waals surface area contributed by atoms with Crippen molar-refractivity contribution in [2.45, 2.75) is 39.0 Å². The van der Waals surface area contributed by atoms with Gasteiger partial charge in [-0.25, -0.2) is 0 Å². The summed E-state index contributed by atoms with van der Waals surface area (Å²) in [6.07, 6.45) is -2.93. The highest BCUT2D eigenvalue weighted by molar-refractivity contribution is 5.13. The lowest BCUT2D eigenvalue weighted by molar-refractivity contribution is -0.138. The molecule has 6 heteroatoms. The van der Waals surface area contributed by atoms with Crippen LogP contribution in [0.15, 0.2) is 23.1 Å². The van der Waals surface area contributed by atoms with Crippen molar-refractivity contribution in [3.05, 3.63) is 34.2 Å². The summed E-state index contributed by atoms with van der Waals surface area (Å²) in [7, 11) is 0. The highest BCUT2D eigenvalue weighted by Crippen LogP contribution is 2.27. The van der Waals surface area contributed by atoms with Crippen LogP contribution in [0, 0.1) is 0 Å². The Hall–Kier alpha value is -1.30. The second-order valence-corrected chi connectivity index (χ2v) is 4.41. The van der Waals surface area contributed by atoms with Gasteiger partial charge in [-0.1, -0.05) is 13.8 Å². The van der Waals surface area contributed by atoms with Crippen molar-refractivity contribution in [2.24, 2.45) is 0 Å². The average molecular weight is 262 g/mol. The maximum atomic E-state index is 12.5. The number of hydrogen-bond donors (Lipinski definition) is 1. The lowest BCUT2D eigenvalue weighted by Crippen LogP contribution is -2.27. The molecule has 1 aromatic rings. The number of alkyl halides is 3. The Balaban J connectivity index is 2.68. The van der Waals surface area contributed by atoms with Gasteiger partial charge in [0.1, 0.15) is 0 Å². The molecule has 0 unspecified atom stereocenters. The van der Waals surface area contributed by atoms with Crippen molar-refractivity contribution in [2.75, 3.05) is 6.54 Å². The van der Waals surface area contributed by atoms with Crippen molar-refractivity contribution in [3.63, 3.8) is 0 Å². The van der Waals surface area contributed by atoms with Gasteiger partial charge in [-0.2, -0.15) is 13.2 Å². The summed E-state index contributed by atoms with van der Waals surface area (Å²) in [5.74, 6) is 0. The van der Waals surface area contributed by atoms with Crippen LogP contribution in [-0.2, 0) is 12.7 Å². The Kier molecular flexibility index (Phi) is 4.95. The summed E-state index contributed by atoms with van der Waals surface area (Å²) < 4.78 is 38.5. The van der Waals surface area contributed by atoms with Gasteiger partial charge in [0.25, 0.3) is 5.56 Å². The quantitative estimate of drug-likeness (QED) is 0.826. The zero-order valence-corrected chi connectivity index (χ0v) is 10.4. The van der Waals surface area contributed by atoms with E-state index in [1.165, 1.54) is 0 Å². The number of hydrogen-bond acceptors (Lipinski definition) is 2. The molecule has 3 nitrogen and oxygen atoms in total. The Bertz CT molecular complexity index is 438. The summed E-state index contributed by atoms with van der Waals surface area (Å²) in [5.41, 5.74) is -1.20. The van der Waals surface area contributed by atoms with Gasteiger partial charge in [-0.05, 0) is 19.0 Å². The zero-order valence-electron chi connectivity index (χ0n) is 10.4. The number of rotatable bonds is 5. The molecule has 0 aromatic carbocycles. The number of halogens is 3. The van der Waals surface area contributed by atoms with Crippen LogP contribution >= 0.6 is 0 Å². The molecule has 1 N–H and O–H groups in total. The van der Waals surface area contributed by atoms with Crippen LogP contribution in [0.1, 0.15) is 25.8 Å².